The number of amides is 3. The Balaban J connectivity index is 1.60. The Bertz CT molecular complexity index is 1320. The van der Waals surface area contributed by atoms with Gasteiger partial charge in [-0.25, -0.2) is 0 Å². The molecule has 10 nitrogen and oxygen atoms in total. The van der Waals surface area contributed by atoms with E-state index in [0.29, 0.717) is 38.1 Å². The lowest BCUT2D eigenvalue weighted by molar-refractivity contribution is -0.139. The van der Waals surface area contributed by atoms with Crippen LogP contribution in [0.5, 0.6) is 11.5 Å². The third-order valence-electron chi connectivity index (χ3n) is 5.55. The maximum atomic E-state index is 13.0. The molecule has 0 N–H and O–H groups in total. The fourth-order valence-electron chi connectivity index (χ4n) is 3.58. The molecule has 0 bridgehead atoms. The zero-order valence-electron chi connectivity index (χ0n) is 19.6. The first-order valence-electron chi connectivity index (χ1n) is 11.0. The highest BCUT2D eigenvalue weighted by Gasteiger charge is 2.37. The number of ether oxygens (including phenoxy) is 2. The van der Waals surface area contributed by atoms with E-state index in [1.165, 1.54) is 37.5 Å². The first-order chi connectivity index (χ1) is 17.2. The molecule has 2 aromatic carbocycles. The minimum Gasteiger partial charge on any atom is -0.493 e. The van der Waals surface area contributed by atoms with Crippen LogP contribution in [-0.4, -0.2) is 75.2 Å². The second-order valence-corrected chi connectivity index (χ2v) is 10.5. The number of para-hydroxylation sites is 1. The van der Waals surface area contributed by atoms with Crippen LogP contribution in [0, 0.1) is 6.92 Å². The lowest BCUT2D eigenvalue weighted by Gasteiger charge is -2.28. The average Bonchev–Trinajstić information content (AvgIpc) is 3.13. The molecular formula is C24H24N2O8S2. The summed E-state index contributed by atoms with van der Waals surface area (Å²) in [6.07, 6.45) is 1.35. The van der Waals surface area contributed by atoms with Crippen molar-refractivity contribution in [1.82, 2.24) is 9.80 Å². The van der Waals surface area contributed by atoms with Crippen molar-refractivity contribution in [2.24, 2.45) is 0 Å². The summed E-state index contributed by atoms with van der Waals surface area (Å²) in [6, 6.07) is 10.8. The zero-order valence-corrected chi connectivity index (χ0v) is 21.3. The van der Waals surface area contributed by atoms with Crippen LogP contribution in [0.15, 0.2) is 52.3 Å². The molecule has 12 heteroatoms. The van der Waals surface area contributed by atoms with Crippen LogP contribution in [0.2, 0.25) is 0 Å². The maximum absolute atomic E-state index is 13.0. The number of rotatable bonds is 7. The second kappa shape index (κ2) is 10.7. The lowest BCUT2D eigenvalue weighted by Crippen LogP contribution is -2.46. The molecule has 3 amide bonds. The molecule has 0 saturated carbocycles. The minimum absolute atomic E-state index is 0.0283. The number of aryl methyl sites for hydroxylation is 1. The highest BCUT2D eigenvalue weighted by atomic mass is 32.2. The van der Waals surface area contributed by atoms with Crippen molar-refractivity contribution in [1.29, 1.82) is 0 Å². The molecule has 0 aromatic heterocycles. The molecule has 0 radical (unpaired) electrons. The number of morpholine rings is 1. The van der Waals surface area contributed by atoms with Gasteiger partial charge in [0.05, 0.1) is 25.2 Å². The summed E-state index contributed by atoms with van der Waals surface area (Å²) in [4.78, 5) is 40.5. The molecule has 2 saturated heterocycles. The van der Waals surface area contributed by atoms with E-state index < -0.39 is 21.3 Å². The van der Waals surface area contributed by atoms with Gasteiger partial charge in [0.1, 0.15) is 11.4 Å². The van der Waals surface area contributed by atoms with E-state index in [1.54, 1.807) is 23.1 Å². The number of benzene rings is 2. The molecule has 2 aliphatic rings. The fourth-order valence-corrected chi connectivity index (χ4v) is 5.38. The highest BCUT2D eigenvalue weighted by Crippen LogP contribution is 2.38. The van der Waals surface area contributed by atoms with Gasteiger partial charge in [-0.05, 0) is 43.0 Å². The number of carbonyl (C=O) groups is 3. The number of imide groups is 1. The number of nitrogens with zero attached hydrogens (tertiary/aromatic N) is 2. The van der Waals surface area contributed by atoms with Gasteiger partial charge in [-0.1, -0.05) is 29.8 Å². The van der Waals surface area contributed by atoms with E-state index in [-0.39, 0.29) is 39.3 Å². The van der Waals surface area contributed by atoms with Crippen molar-refractivity contribution in [3.8, 4) is 11.5 Å². The Morgan fingerprint density at radius 2 is 1.81 bits per heavy atom. The minimum atomic E-state index is -4.22. The van der Waals surface area contributed by atoms with E-state index >= 15 is 0 Å². The summed E-state index contributed by atoms with van der Waals surface area (Å²) >= 11 is 0.661. The summed E-state index contributed by atoms with van der Waals surface area (Å²) in [5.41, 5.74) is 1.10. The van der Waals surface area contributed by atoms with Crippen molar-refractivity contribution in [2.45, 2.75) is 11.8 Å². The van der Waals surface area contributed by atoms with Gasteiger partial charge in [0.2, 0.25) is 5.91 Å². The molecule has 0 atom stereocenters. The molecule has 2 heterocycles. The van der Waals surface area contributed by atoms with Gasteiger partial charge in [-0.3, -0.25) is 19.3 Å². The molecule has 0 unspecified atom stereocenters. The largest absolute Gasteiger partial charge is 0.493 e. The van der Waals surface area contributed by atoms with Crippen molar-refractivity contribution < 1.29 is 36.5 Å². The molecule has 2 aliphatic heterocycles. The van der Waals surface area contributed by atoms with Crippen LogP contribution in [0.1, 0.15) is 11.1 Å². The molecular weight excluding hydrogens is 508 g/mol. The van der Waals surface area contributed by atoms with Crippen LogP contribution in [0.3, 0.4) is 0 Å². The summed E-state index contributed by atoms with van der Waals surface area (Å²) in [6.45, 7) is 3.04. The number of methoxy groups -OCH3 is 1. The van der Waals surface area contributed by atoms with Gasteiger partial charge in [0.25, 0.3) is 11.1 Å². The van der Waals surface area contributed by atoms with Crippen molar-refractivity contribution >= 4 is 45.0 Å². The summed E-state index contributed by atoms with van der Waals surface area (Å²) in [5, 5.41) is -0.592. The average molecular weight is 533 g/mol. The molecule has 2 aromatic rings. The van der Waals surface area contributed by atoms with Gasteiger partial charge in [-0.15, -0.1) is 0 Å². The quantitative estimate of drug-likeness (QED) is 0.392. The summed E-state index contributed by atoms with van der Waals surface area (Å²) in [7, 11) is -2.86. The van der Waals surface area contributed by atoms with Crippen LogP contribution < -0.4 is 8.92 Å². The molecule has 190 valence electrons. The van der Waals surface area contributed by atoms with Gasteiger partial charge in [0, 0.05) is 18.7 Å². The van der Waals surface area contributed by atoms with Gasteiger partial charge >= 0.3 is 10.1 Å². The Hall–Kier alpha value is -3.35. The molecule has 0 aliphatic carbocycles. The van der Waals surface area contributed by atoms with Crippen LogP contribution in [0.25, 0.3) is 6.08 Å². The predicted molar refractivity (Wildman–Crippen MR) is 132 cm³/mol. The topological polar surface area (TPSA) is 120 Å². The fraction of sp³-hybridized carbons (Fsp3) is 0.292. The van der Waals surface area contributed by atoms with E-state index in [1.807, 2.05) is 6.92 Å². The van der Waals surface area contributed by atoms with Crippen LogP contribution in [-0.2, 0) is 24.4 Å². The van der Waals surface area contributed by atoms with Crippen molar-refractivity contribution in [3.63, 3.8) is 0 Å². The number of hydrogen-bond acceptors (Lipinski definition) is 9. The van der Waals surface area contributed by atoms with Crippen LogP contribution >= 0.6 is 11.8 Å². The van der Waals surface area contributed by atoms with E-state index in [9.17, 15) is 22.8 Å². The van der Waals surface area contributed by atoms with Gasteiger partial charge in [-0.2, -0.15) is 8.42 Å². The second-order valence-electron chi connectivity index (χ2n) is 7.99. The summed E-state index contributed by atoms with van der Waals surface area (Å²) < 4.78 is 41.8. The molecule has 36 heavy (non-hydrogen) atoms. The monoisotopic (exact) mass is 532 g/mol. The van der Waals surface area contributed by atoms with Crippen molar-refractivity contribution in [3.05, 3.63) is 58.5 Å². The van der Waals surface area contributed by atoms with E-state index in [0.717, 1.165) is 10.5 Å². The molecule has 2 fully saturated rings. The Morgan fingerprint density at radius 3 is 2.47 bits per heavy atom. The van der Waals surface area contributed by atoms with E-state index in [2.05, 4.69) is 0 Å². The van der Waals surface area contributed by atoms with Crippen molar-refractivity contribution in [2.75, 3.05) is 40.0 Å². The first-order valence-corrected chi connectivity index (χ1v) is 13.2. The smallest absolute Gasteiger partial charge is 0.339 e. The zero-order chi connectivity index (χ0) is 25.9. The van der Waals surface area contributed by atoms with Gasteiger partial charge in [0.15, 0.2) is 11.5 Å². The standard InChI is InChI=1S/C24H24N2O8S2/c1-16-6-8-18(9-7-16)36(30,31)34-22-17(4-3-5-19(22)32-2)14-20-23(28)26(24(29)35-20)15-21(27)25-10-12-33-13-11-25/h3-9,14H,10-13,15H2,1-2H3/b20-14-. The Morgan fingerprint density at radius 1 is 1.11 bits per heavy atom. The SMILES string of the molecule is COc1cccc(/C=C2\SC(=O)N(CC(=O)N3CCOCC3)C2=O)c1OS(=O)(=O)c1ccc(C)cc1. The normalized spacial score (nSPS) is 17.6. The lowest BCUT2D eigenvalue weighted by atomic mass is 10.1. The third kappa shape index (κ3) is 5.55. The number of thioether (sulfide) groups is 1. The molecule has 4 rings (SSSR count). The highest BCUT2D eigenvalue weighted by molar-refractivity contribution is 8.18. The third-order valence-corrected chi connectivity index (χ3v) is 7.69. The first kappa shape index (κ1) is 25.7. The number of hydrogen-bond donors (Lipinski definition) is 0. The van der Waals surface area contributed by atoms with Gasteiger partial charge < -0.3 is 18.6 Å². The Labute approximate surface area is 212 Å². The predicted octanol–water partition coefficient (Wildman–Crippen LogP) is 2.67. The Kier molecular flexibility index (Phi) is 7.67. The van der Waals surface area contributed by atoms with E-state index in [4.69, 9.17) is 13.7 Å². The van der Waals surface area contributed by atoms with Crippen LogP contribution in [0.4, 0.5) is 4.79 Å². The molecule has 0 spiro atoms. The maximum Gasteiger partial charge on any atom is 0.339 e. The number of carbonyl (C=O) groups excluding carboxylic acids is 3. The summed E-state index contributed by atoms with van der Waals surface area (Å²) in [5.74, 6) is -1.00.